The summed E-state index contributed by atoms with van der Waals surface area (Å²) in [7, 11) is 0. The fourth-order valence-electron chi connectivity index (χ4n) is 3.10. The van der Waals surface area contributed by atoms with Crippen molar-refractivity contribution in [2.45, 2.75) is 39.5 Å². The summed E-state index contributed by atoms with van der Waals surface area (Å²) in [5, 5.41) is 3.64. The lowest BCUT2D eigenvalue weighted by Gasteiger charge is -2.15. The molecule has 0 aliphatic heterocycles. The summed E-state index contributed by atoms with van der Waals surface area (Å²) in [6.45, 7) is 4.04. The fourth-order valence-corrected chi connectivity index (χ4v) is 3.39. The van der Waals surface area contributed by atoms with Crippen molar-refractivity contribution in [3.63, 3.8) is 0 Å². The second-order valence-electron chi connectivity index (χ2n) is 6.41. The highest BCUT2D eigenvalue weighted by atomic mass is 35.5. The third-order valence-electron chi connectivity index (χ3n) is 4.60. The molecule has 0 aliphatic rings. The van der Waals surface area contributed by atoms with E-state index in [0.717, 1.165) is 29.7 Å². The van der Waals surface area contributed by atoms with Gasteiger partial charge in [-0.25, -0.2) is 9.37 Å². The van der Waals surface area contributed by atoms with E-state index in [4.69, 9.17) is 16.0 Å². The molecule has 2 aromatic carbocycles. The van der Waals surface area contributed by atoms with Crippen molar-refractivity contribution in [1.82, 2.24) is 4.98 Å². The molecule has 0 radical (unpaired) electrons. The number of halogens is 2. The van der Waals surface area contributed by atoms with Gasteiger partial charge in [0.05, 0.1) is 11.8 Å². The van der Waals surface area contributed by atoms with E-state index in [-0.39, 0.29) is 18.1 Å². The Morgan fingerprint density at radius 3 is 2.68 bits per heavy atom. The van der Waals surface area contributed by atoms with Crippen LogP contribution in [0, 0.1) is 5.82 Å². The van der Waals surface area contributed by atoms with Crippen LogP contribution < -0.4 is 5.32 Å². The van der Waals surface area contributed by atoms with Gasteiger partial charge < -0.3 is 9.73 Å². The van der Waals surface area contributed by atoms with E-state index in [0.29, 0.717) is 28.7 Å². The van der Waals surface area contributed by atoms with E-state index in [1.807, 2.05) is 26.0 Å². The number of nitrogens with zero attached hydrogens (tertiary/aromatic N) is 1. The lowest BCUT2D eigenvalue weighted by atomic mass is 10.0. The zero-order valence-electron chi connectivity index (χ0n) is 15.9. The van der Waals surface area contributed by atoms with Crippen molar-refractivity contribution in [1.29, 1.82) is 0 Å². The Hall–Kier alpha value is -2.66. The van der Waals surface area contributed by atoms with Gasteiger partial charge in [0.15, 0.2) is 11.7 Å². The molecule has 28 heavy (non-hydrogen) atoms. The predicted molar refractivity (Wildman–Crippen MR) is 109 cm³/mol. The quantitative estimate of drug-likeness (QED) is 0.542. The molecule has 3 aromatic rings. The van der Waals surface area contributed by atoms with Gasteiger partial charge in [-0.2, -0.15) is 0 Å². The molecule has 1 heterocycles. The van der Waals surface area contributed by atoms with Crippen molar-refractivity contribution in [2.24, 2.45) is 0 Å². The van der Waals surface area contributed by atoms with Crippen molar-refractivity contribution < 1.29 is 13.6 Å². The molecule has 0 atom stereocenters. The molecule has 1 amide bonds. The van der Waals surface area contributed by atoms with Gasteiger partial charge in [-0.1, -0.05) is 43.6 Å². The van der Waals surface area contributed by atoms with Crippen LogP contribution in [0.2, 0.25) is 5.02 Å². The molecule has 0 unspecified atom stereocenters. The highest BCUT2D eigenvalue weighted by Gasteiger charge is 2.15. The first-order chi connectivity index (χ1) is 13.5. The predicted octanol–water partition coefficient (Wildman–Crippen LogP) is 5.83. The van der Waals surface area contributed by atoms with Crippen molar-refractivity contribution >= 4 is 23.2 Å². The average Bonchev–Trinajstić information content (AvgIpc) is 3.16. The summed E-state index contributed by atoms with van der Waals surface area (Å²) < 4.78 is 19.5. The number of carbonyl (C=O) groups is 1. The molecule has 0 saturated heterocycles. The van der Waals surface area contributed by atoms with Gasteiger partial charge >= 0.3 is 0 Å². The third-order valence-corrected chi connectivity index (χ3v) is 4.95. The topological polar surface area (TPSA) is 55.1 Å². The molecular formula is C22H22ClFN2O2. The zero-order valence-corrected chi connectivity index (χ0v) is 16.6. The number of aromatic nitrogens is 1. The molecule has 0 saturated carbocycles. The third kappa shape index (κ3) is 4.42. The summed E-state index contributed by atoms with van der Waals surface area (Å²) in [5.41, 5.74) is 3.13. The van der Waals surface area contributed by atoms with Gasteiger partial charge in [0.1, 0.15) is 5.82 Å². The minimum absolute atomic E-state index is 0.141. The van der Waals surface area contributed by atoms with E-state index < -0.39 is 0 Å². The van der Waals surface area contributed by atoms with E-state index >= 15 is 0 Å². The van der Waals surface area contributed by atoms with Gasteiger partial charge in [-0.05, 0) is 42.2 Å². The summed E-state index contributed by atoms with van der Waals surface area (Å²) in [6, 6.07) is 10.1. The van der Waals surface area contributed by atoms with Crippen molar-refractivity contribution in [3.05, 3.63) is 70.5 Å². The first kappa shape index (κ1) is 20.1. The standard InChI is InChI=1S/C22H22ClFN2O2/c1-3-14-9-10-17(23)15(4-2)22(14)26-20(27)11-12-21-25-13-19(28-21)16-7-5-6-8-18(16)24/h5-10,13H,3-4,11-12H2,1-2H3,(H,26,27). The van der Waals surface area contributed by atoms with Gasteiger partial charge in [0.25, 0.3) is 0 Å². The molecule has 1 N–H and O–H groups in total. The number of hydrogen-bond acceptors (Lipinski definition) is 3. The van der Waals surface area contributed by atoms with E-state index in [9.17, 15) is 9.18 Å². The van der Waals surface area contributed by atoms with Crippen LogP contribution in [0.5, 0.6) is 0 Å². The highest BCUT2D eigenvalue weighted by Crippen LogP contribution is 2.30. The first-order valence-corrected chi connectivity index (χ1v) is 9.71. The van der Waals surface area contributed by atoms with Crippen LogP contribution in [0.25, 0.3) is 11.3 Å². The van der Waals surface area contributed by atoms with Gasteiger partial charge in [-0.15, -0.1) is 0 Å². The maximum Gasteiger partial charge on any atom is 0.224 e. The Morgan fingerprint density at radius 2 is 1.96 bits per heavy atom. The Morgan fingerprint density at radius 1 is 1.18 bits per heavy atom. The summed E-state index contributed by atoms with van der Waals surface area (Å²) in [6.07, 6.45) is 3.53. The SMILES string of the molecule is CCc1ccc(Cl)c(CC)c1NC(=O)CCc1ncc(-c2ccccc2F)o1. The molecular weight excluding hydrogens is 379 g/mol. The smallest absolute Gasteiger partial charge is 0.224 e. The number of oxazole rings is 1. The molecule has 0 fully saturated rings. The van der Waals surface area contributed by atoms with E-state index in [1.165, 1.54) is 12.3 Å². The second-order valence-corrected chi connectivity index (χ2v) is 6.82. The summed E-state index contributed by atoms with van der Waals surface area (Å²) >= 11 is 6.28. The molecule has 0 aliphatic carbocycles. The molecule has 3 rings (SSSR count). The number of anilines is 1. The lowest BCUT2D eigenvalue weighted by molar-refractivity contribution is -0.116. The first-order valence-electron chi connectivity index (χ1n) is 9.33. The number of nitrogens with one attached hydrogen (secondary N) is 1. The maximum atomic E-state index is 13.9. The number of aryl methyl sites for hydroxylation is 2. The Balaban J connectivity index is 1.68. The molecule has 0 bridgehead atoms. The minimum atomic E-state index is -0.372. The Bertz CT molecular complexity index is 984. The number of benzene rings is 2. The van der Waals surface area contributed by atoms with Crippen LogP contribution in [0.3, 0.4) is 0 Å². The van der Waals surface area contributed by atoms with Crippen LogP contribution in [0.15, 0.2) is 47.0 Å². The normalized spacial score (nSPS) is 10.9. The number of amides is 1. The fraction of sp³-hybridized carbons (Fsp3) is 0.273. The van der Waals surface area contributed by atoms with Crippen LogP contribution in [0.1, 0.15) is 37.3 Å². The second kappa shape index (κ2) is 9.02. The number of hydrogen-bond donors (Lipinski definition) is 1. The molecule has 0 spiro atoms. The molecule has 146 valence electrons. The minimum Gasteiger partial charge on any atom is -0.441 e. The number of carbonyl (C=O) groups excluding carboxylic acids is 1. The van der Waals surface area contributed by atoms with Crippen LogP contribution in [-0.4, -0.2) is 10.9 Å². The van der Waals surface area contributed by atoms with Crippen LogP contribution in [0.4, 0.5) is 10.1 Å². The Labute approximate surface area is 168 Å². The van der Waals surface area contributed by atoms with E-state index in [1.54, 1.807) is 18.2 Å². The monoisotopic (exact) mass is 400 g/mol. The van der Waals surface area contributed by atoms with Crippen LogP contribution in [-0.2, 0) is 24.1 Å². The van der Waals surface area contributed by atoms with Gasteiger partial charge in [0, 0.05) is 23.6 Å². The van der Waals surface area contributed by atoms with Crippen molar-refractivity contribution in [2.75, 3.05) is 5.32 Å². The van der Waals surface area contributed by atoms with E-state index in [2.05, 4.69) is 10.3 Å². The zero-order chi connectivity index (χ0) is 20.1. The Kier molecular flexibility index (Phi) is 6.47. The molecule has 6 heteroatoms. The summed E-state index contributed by atoms with van der Waals surface area (Å²) in [4.78, 5) is 16.6. The molecule has 1 aromatic heterocycles. The molecule has 4 nitrogen and oxygen atoms in total. The van der Waals surface area contributed by atoms with Gasteiger partial charge in [0.2, 0.25) is 5.91 Å². The highest BCUT2D eigenvalue weighted by molar-refractivity contribution is 6.32. The summed E-state index contributed by atoms with van der Waals surface area (Å²) in [5.74, 6) is 0.233. The maximum absolute atomic E-state index is 13.9. The van der Waals surface area contributed by atoms with Gasteiger partial charge in [-0.3, -0.25) is 4.79 Å². The average molecular weight is 401 g/mol. The van der Waals surface area contributed by atoms with Crippen LogP contribution >= 0.6 is 11.6 Å². The van der Waals surface area contributed by atoms with Crippen molar-refractivity contribution in [3.8, 4) is 11.3 Å². The number of rotatable bonds is 7. The lowest BCUT2D eigenvalue weighted by Crippen LogP contribution is -2.15. The largest absolute Gasteiger partial charge is 0.441 e.